The van der Waals surface area contributed by atoms with E-state index in [9.17, 15) is 9.59 Å². The molecule has 1 aromatic carbocycles. The summed E-state index contributed by atoms with van der Waals surface area (Å²) >= 11 is 5.88. The predicted octanol–water partition coefficient (Wildman–Crippen LogP) is 0.845. The number of methoxy groups -OCH3 is 2. The summed E-state index contributed by atoms with van der Waals surface area (Å²) in [7, 11) is 2.95. The summed E-state index contributed by atoms with van der Waals surface area (Å²) in [5, 5.41) is 5.30. The lowest BCUT2D eigenvalue weighted by Gasteiger charge is -2.11. The van der Waals surface area contributed by atoms with Gasteiger partial charge in [-0.15, -0.1) is 12.4 Å². The van der Waals surface area contributed by atoms with Crippen LogP contribution in [0.5, 0.6) is 5.75 Å². The van der Waals surface area contributed by atoms with E-state index in [2.05, 4.69) is 10.6 Å². The zero-order chi connectivity index (χ0) is 15.8. The van der Waals surface area contributed by atoms with Crippen LogP contribution in [-0.2, 0) is 9.53 Å². The standard InChI is InChI=1S/C13H18ClN3O4.ClH/c1-20-4-3-16-12(18)7-17-13(19)8-5-9(14)10(15)6-11(8)21-2;/h5-6H,3-4,7,15H2,1-2H3,(H,16,18)(H,17,19);1H. The summed E-state index contributed by atoms with van der Waals surface area (Å²) in [5.41, 5.74) is 6.15. The lowest BCUT2D eigenvalue weighted by Crippen LogP contribution is -2.38. The SMILES string of the molecule is COCCNC(=O)CNC(=O)c1cc(Cl)c(N)cc1OC.Cl. The quantitative estimate of drug-likeness (QED) is 0.499. The van der Waals surface area contributed by atoms with Crippen molar-refractivity contribution in [1.82, 2.24) is 10.6 Å². The summed E-state index contributed by atoms with van der Waals surface area (Å²) in [6, 6.07) is 2.85. The van der Waals surface area contributed by atoms with E-state index in [1.165, 1.54) is 26.4 Å². The third kappa shape index (κ3) is 5.97. The number of amides is 2. The number of nitrogen functional groups attached to an aromatic ring is 1. The molecule has 9 heteroatoms. The zero-order valence-corrected chi connectivity index (χ0v) is 13.8. The Hall–Kier alpha value is -1.70. The number of nitrogens with two attached hydrogens (primary N) is 1. The van der Waals surface area contributed by atoms with E-state index < -0.39 is 5.91 Å². The second kappa shape index (κ2) is 10.1. The van der Waals surface area contributed by atoms with Gasteiger partial charge >= 0.3 is 0 Å². The van der Waals surface area contributed by atoms with Crippen molar-refractivity contribution >= 4 is 41.5 Å². The lowest BCUT2D eigenvalue weighted by atomic mass is 10.1. The number of hydrogen-bond acceptors (Lipinski definition) is 5. The van der Waals surface area contributed by atoms with Gasteiger partial charge in [0.05, 0.1) is 36.5 Å². The van der Waals surface area contributed by atoms with Crippen LogP contribution in [0.1, 0.15) is 10.4 Å². The number of anilines is 1. The Morgan fingerprint density at radius 1 is 1.27 bits per heavy atom. The van der Waals surface area contributed by atoms with Gasteiger partial charge < -0.3 is 25.8 Å². The fraction of sp³-hybridized carbons (Fsp3) is 0.385. The molecule has 1 aromatic rings. The van der Waals surface area contributed by atoms with E-state index >= 15 is 0 Å². The maximum atomic E-state index is 12.0. The largest absolute Gasteiger partial charge is 0.496 e. The van der Waals surface area contributed by atoms with Crippen LogP contribution in [0.4, 0.5) is 5.69 Å². The van der Waals surface area contributed by atoms with E-state index in [1.807, 2.05) is 0 Å². The van der Waals surface area contributed by atoms with Crippen LogP contribution in [0.2, 0.25) is 5.02 Å². The first-order chi connectivity index (χ1) is 9.99. The van der Waals surface area contributed by atoms with Crippen LogP contribution < -0.4 is 21.1 Å². The smallest absolute Gasteiger partial charge is 0.255 e. The van der Waals surface area contributed by atoms with Gasteiger partial charge in [0, 0.05) is 19.7 Å². The van der Waals surface area contributed by atoms with Gasteiger partial charge in [-0.3, -0.25) is 9.59 Å². The minimum absolute atomic E-state index is 0. The molecule has 0 unspecified atom stereocenters. The number of rotatable bonds is 7. The normalized spacial score (nSPS) is 9.59. The van der Waals surface area contributed by atoms with E-state index in [-0.39, 0.29) is 41.2 Å². The highest BCUT2D eigenvalue weighted by atomic mass is 35.5. The molecule has 0 aliphatic carbocycles. The summed E-state index contributed by atoms with van der Waals surface area (Å²) in [5.74, 6) is -0.509. The van der Waals surface area contributed by atoms with Gasteiger partial charge in [-0.1, -0.05) is 11.6 Å². The molecule has 0 spiro atoms. The van der Waals surface area contributed by atoms with Crippen LogP contribution in [0, 0.1) is 0 Å². The summed E-state index contributed by atoms with van der Waals surface area (Å²) < 4.78 is 9.87. The van der Waals surface area contributed by atoms with Crippen LogP contribution in [-0.4, -0.2) is 45.7 Å². The third-order valence-electron chi connectivity index (χ3n) is 2.60. The molecule has 1 rings (SSSR count). The van der Waals surface area contributed by atoms with Gasteiger partial charge in [-0.25, -0.2) is 0 Å². The third-order valence-corrected chi connectivity index (χ3v) is 2.93. The molecule has 0 aliphatic rings. The molecule has 0 saturated heterocycles. The van der Waals surface area contributed by atoms with Crippen molar-refractivity contribution in [3.63, 3.8) is 0 Å². The average molecular weight is 352 g/mol. The van der Waals surface area contributed by atoms with Gasteiger partial charge in [0.25, 0.3) is 5.91 Å². The highest BCUT2D eigenvalue weighted by Gasteiger charge is 2.15. The van der Waals surface area contributed by atoms with Crippen LogP contribution in [0.15, 0.2) is 12.1 Å². The number of ether oxygens (including phenoxy) is 2. The lowest BCUT2D eigenvalue weighted by molar-refractivity contribution is -0.120. The monoisotopic (exact) mass is 351 g/mol. The van der Waals surface area contributed by atoms with Gasteiger partial charge in [-0.05, 0) is 6.07 Å². The van der Waals surface area contributed by atoms with Gasteiger partial charge in [-0.2, -0.15) is 0 Å². The van der Waals surface area contributed by atoms with Crippen LogP contribution in [0.3, 0.4) is 0 Å². The van der Waals surface area contributed by atoms with Gasteiger partial charge in [0.15, 0.2) is 0 Å². The zero-order valence-electron chi connectivity index (χ0n) is 12.3. The fourth-order valence-electron chi connectivity index (χ4n) is 1.53. The molecule has 7 nitrogen and oxygen atoms in total. The number of hydrogen-bond donors (Lipinski definition) is 3. The first-order valence-electron chi connectivity index (χ1n) is 6.16. The van der Waals surface area contributed by atoms with Crippen molar-refractivity contribution in [2.75, 3.05) is 39.6 Å². The van der Waals surface area contributed by atoms with E-state index in [0.29, 0.717) is 18.8 Å². The van der Waals surface area contributed by atoms with Crippen molar-refractivity contribution < 1.29 is 19.1 Å². The number of carbonyl (C=O) groups is 2. The van der Waals surface area contributed by atoms with Crippen molar-refractivity contribution in [3.05, 3.63) is 22.7 Å². The summed E-state index contributed by atoms with van der Waals surface area (Å²) in [6.45, 7) is 0.622. The number of halogens is 2. The van der Waals surface area contributed by atoms with Crippen molar-refractivity contribution in [3.8, 4) is 5.75 Å². The number of nitrogens with one attached hydrogen (secondary N) is 2. The molecule has 22 heavy (non-hydrogen) atoms. The Bertz CT molecular complexity index is 526. The maximum absolute atomic E-state index is 12.0. The molecule has 0 radical (unpaired) electrons. The van der Waals surface area contributed by atoms with Gasteiger partial charge in [0.2, 0.25) is 5.91 Å². The van der Waals surface area contributed by atoms with Crippen LogP contribution in [0.25, 0.3) is 0 Å². The van der Waals surface area contributed by atoms with E-state index in [4.69, 9.17) is 26.8 Å². The summed E-state index contributed by atoms with van der Waals surface area (Å²) in [6.07, 6.45) is 0. The second-order valence-corrected chi connectivity index (χ2v) is 4.51. The summed E-state index contributed by atoms with van der Waals surface area (Å²) in [4.78, 5) is 23.5. The molecule has 0 atom stereocenters. The van der Waals surface area contributed by atoms with Crippen LogP contribution >= 0.6 is 24.0 Å². The molecule has 2 amide bonds. The number of carbonyl (C=O) groups excluding carboxylic acids is 2. The molecule has 4 N–H and O–H groups in total. The highest BCUT2D eigenvalue weighted by Crippen LogP contribution is 2.28. The highest BCUT2D eigenvalue weighted by molar-refractivity contribution is 6.33. The number of benzene rings is 1. The minimum atomic E-state index is -0.476. The Balaban J connectivity index is 0.00000441. The van der Waals surface area contributed by atoms with Gasteiger partial charge in [0.1, 0.15) is 5.75 Å². The molecular formula is C13H19Cl2N3O4. The van der Waals surface area contributed by atoms with Crippen molar-refractivity contribution in [2.45, 2.75) is 0 Å². The molecule has 0 aromatic heterocycles. The first-order valence-corrected chi connectivity index (χ1v) is 6.54. The predicted molar refractivity (Wildman–Crippen MR) is 86.9 cm³/mol. The topological polar surface area (TPSA) is 103 Å². The minimum Gasteiger partial charge on any atom is -0.496 e. The fourth-order valence-corrected chi connectivity index (χ4v) is 1.69. The average Bonchev–Trinajstić information content (AvgIpc) is 2.47. The molecule has 0 fully saturated rings. The molecule has 0 saturated carbocycles. The van der Waals surface area contributed by atoms with E-state index in [1.54, 1.807) is 0 Å². The maximum Gasteiger partial charge on any atom is 0.255 e. The Morgan fingerprint density at radius 3 is 2.55 bits per heavy atom. The first kappa shape index (κ1) is 20.3. The Labute approximate surface area is 139 Å². The van der Waals surface area contributed by atoms with Crippen molar-refractivity contribution in [2.24, 2.45) is 0 Å². The molecule has 0 heterocycles. The molecule has 0 aliphatic heterocycles. The Kier molecular flexibility index (Phi) is 9.32. The van der Waals surface area contributed by atoms with E-state index in [0.717, 1.165) is 0 Å². The van der Waals surface area contributed by atoms with Crippen molar-refractivity contribution in [1.29, 1.82) is 0 Å². The molecule has 0 bridgehead atoms. The molecule has 124 valence electrons. The Morgan fingerprint density at radius 2 is 1.95 bits per heavy atom. The second-order valence-electron chi connectivity index (χ2n) is 4.10. The molecular weight excluding hydrogens is 333 g/mol.